The van der Waals surface area contributed by atoms with E-state index >= 15 is 0 Å². The Morgan fingerprint density at radius 1 is 0.242 bits per heavy atom. The molecule has 6 heterocycles. The molecule has 0 amide bonds. The monoisotopic (exact) mass is 868 g/mol. The molecule has 8 aromatic carbocycles. The first-order valence-corrected chi connectivity index (χ1v) is 24.5. The molecule has 14 rings (SSSR count). The van der Waals surface area contributed by atoms with Crippen LogP contribution in [0.3, 0.4) is 0 Å². The van der Waals surface area contributed by atoms with Gasteiger partial charge >= 0.3 is 0 Å². The maximum Gasteiger partial charge on any atom is 0.156 e. The second-order valence-electron chi connectivity index (χ2n) is 16.3. The fourth-order valence-corrected chi connectivity index (χ4v) is 15.2. The molecule has 12 aromatic rings. The standard InChI is InChI=1S/C54H36N4S4/c1-5-25-45-33(13-1)37-17-9-21-41(49(37)59-45)55-29-30-56(42-22-10-18-38-34-14-2-6-26-46(34)60-50(38)42)53(55)54-57(43-23-11-19-39-35-15-3-7-27-47(35)61-51(39)43)31-32-58(54)44-24-12-20-40-36-16-4-8-28-48(36)62-52(40)44/h1-28H,29-32H2. The third-order valence-corrected chi connectivity index (χ3v) is 17.9. The van der Waals surface area contributed by atoms with Crippen molar-refractivity contribution >= 4 is 149 Å². The van der Waals surface area contributed by atoms with E-state index in [0.29, 0.717) is 0 Å². The average Bonchev–Trinajstić information content (AvgIpc) is 4.18. The third-order valence-electron chi connectivity index (χ3n) is 13.0. The van der Waals surface area contributed by atoms with Gasteiger partial charge in [-0.25, -0.2) is 0 Å². The van der Waals surface area contributed by atoms with Crippen molar-refractivity contribution in [2.45, 2.75) is 0 Å². The molecule has 0 bridgehead atoms. The van der Waals surface area contributed by atoms with Crippen LogP contribution in [-0.2, 0) is 0 Å². The highest BCUT2D eigenvalue weighted by molar-refractivity contribution is 7.27. The van der Waals surface area contributed by atoms with E-state index in [0.717, 1.165) is 26.2 Å². The van der Waals surface area contributed by atoms with Crippen molar-refractivity contribution in [2.75, 3.05) is 45.8 Å². The lowest BCUT2D eigenvalue weighted by Gasteiger charge is -2.34. The van der Waals surface area contributed by atoms with E-state index in [4.69, 9.17) is 0 Å². The van der Waals surface area contributed by atoms with Gasteiger partial charge in [-0.1, -0.05) is 121 Å². The van der Waals surface area contributed by atoms with Gasteiger partial charge in [0.15, 0.2) is 11.6 Å². The van der Waals surface area contributed by atoms with Crippen molar-refractivity contribution < 1.29 is 0 Å². The fraction of sp³-hybridized carbons (Fsp3) is 0.0741. The summed E-state index contributed by atoms with van der Waals surface area (Å²) >= 11 is 7.68. The second-order valence-corrected chi connectivity index (χ2v) is 20.5. The van der Waals surface area contributed by atoms with Crippen molar-refractivity contribution in [3.05, 3.63) is 182 Å². The number of fused-ring (bicyclic) bond motifs is 12. The van der Waals surface area contributed by atoms with Gasteiger partial charge in [0.1, 0.15) is 0 Å². The highest BCUT2D eigenvalue weighted by Crippen LogP contribution is 2.51. The topological polar surface area (TPSA) is 13.0 Å². The molecule has 2 fully saturated rings. The van der Waals surface area contributed by atoms with Crippen molar-refractivity contribution in [3.8, 4) is 0 Å². The predicted octanol–water partition coefficient (Wildman–Crippen LogP) is 15.6. The molecule has 8 heteroatoms. The summed E-state index contributed by atoms with van der Waals surface area (Å²) in [4.78, 5) is 10.7. The van der Waals surface area contributed by atoms with Gasteiger partial charge in [0.05, 0.1) is 41.5 Å². The van der Waals surface area contributed by atoms with Gasteiger partial charge in [-0.05, 0) is 48.5 Å². The molecule has 0 unspecified atom stereocenters. The number of benzene rings is 8. The van der Waals surface area contributed by atoms with E-state index in [9.17, 15) is 0 Å². The number of thiophene rings is 4. The molecule has 2 saturated heterocycles. The van der Waals surface area contributed by atoms with Gasteiger partial charge in [0.25, 0.3) is 0 Å². The number of anilines is 4. The van der Waals surface area contributed by atoms with E-state index in [2.05, 4.69) is 189 Å². The normalized spacial score (nSPS) is 15.0. The summed E-state index contributed by atoms with van der Waals surface area (Å²) in [5, 5.41) is 10.6. The Bertz CT molecular complexity index is 3330. The van der Waals surface area contributed by atoms with Crippen LogP contribution >= 0.6 is 45.3 Å². The smallest absolute Gasteiger partial charge is 0.156 e. The molecule has 296 valence electrons. The Balaban J connectivity index is 1.09. The lowest BCUT2D eigenvalue weighted by molar-refractivity contribution is 0.975. The summed E-state index contributed by atoms with van der Waals surface area (Å²) in [7, 11) is 0. The van der Waals surface area contributed by atoms with Crippen LogP contribution in [0.25, 0.3) is 80.7 Å². The highest BCUT2D eigenvalue weighted by Gasteiger charge is 2.41. The molecular formula is C54H36N4S4. The lowest BCUT2D eigenvalue weighted by Crippen LogP contribution is -2.34. The largest absolute Gasteiger partial charge is 0.322 e. The Hall–Kier alpha value is -6.42. The Kier molecular flexibility index (Phi) is 7.69. The molecule has 0 saturated carbocycles. The summed E-state index contributed by atoms with van der Waals surface area (Å²) in [6.07, 6.45) is 0. The van der Waals surface area contributed by atoms with Crippen LogP contribution in [0, 0.1) is 0 Å². The number of hydrogen-bond donors (Lipinski definition) is 0. The van der Waals surface area contributed by atoms with E-state index in [1.54, 1.807) is 0 Å². The van der Waals surface area contributed by atoms with Crippen LogP contribution in [0.2, 0.25) is 0 Å². The summed E-state index contributed by atoms with van der Waals surface area (Å²) < 4.78 is 10.6. The zero-order chi connectivity index (χ0) is 40.5. The molecular weight excluding hydrogens is 833 g/mol. The maximum absolute atomic E-state index is 2.67. The van der Waals surface area contributed by atoms with Crippen LogP contribution in [0.15, 0.2) is 182 Å². The first-order valence-electron chi connectivity index (χ1n) is 21.2. The van der Waals surface area contributed by atoms with Crippen molar-refractivity contribution in [3.63, 3.8) is 0 Å². The van der Waals surface area contributed by atoms with Crippen molar-refractivity contribution in [1.82, 2.24) is 0 Å². The van der Waals surface area contributed by atoms with E-state index in [1.807, 2.05) is 45.3 Å². The third kappa shape index (κ3) is 5.03. The Labute approximate surface area is 373 Å². The van der Waals surface area contributed by atoms with Crippen molar-refractivity contribution in [1.29, 1.82) is 0 Å². The fourth-order valence-electron chi connectivity index (χ4n) is 10.3. The summed E-state index contributed by atoms with van der Waals surface area (Å²) in [6, 6.07) is 63.5. The summed E-state index contributed by atoms with van der Waals surface area (Å²) in [5.74, 6) is 2.46. The Morgan fingerprint density at radius 2 is 0.468 bits per heavy atom. The first-order chi connectivity index (χ1) is 30.8. The molecule has 0 atom stereocenters. The van der Waals surface area contributed by atoms with E-state index in [1.165, 1.54) is 115 Å². The van der Waals surface area contributed by atoms with Crippen LogP contribution in [0.5, 0.6) is 0 Å². The minimum atomic E-state index is 0.856. The Morgan fingerprint density at radius 3 is 0.726 bits per heavy atom. The highest BCUT2D eigenvalue weighted by atomic mass is 32.1. The number of nitrogens with zero attached hydrogens (tertiary/aromatic N) is 4. The van der Waals surface area contributed by atoms with Crippen LogP contribution in [0.4, 0.5) is 22.7 Å². The molecule has 0 radical (unpaired) electrons. The molecule has 0 N–H and O–H groups in total. The molecule has 4 nitrogen and oxygen atoms in total. The lowest BCUT2D eigenvalue weighted by atomic mass is 10.1. The second kappa shape index (κ2) is 13.5. The maximum atomic E-state index is 2.67. The number of rotatable bonds is 4. The molecule has 2 aliphatic rings. The summed E-state index contributed by atoms with van der Waals surface area (Å²) in [6.45, 7) is 3.43. The van der Waals surface area contributed by atoms with E-state index in [-0.39, 0.29) is 0 Å². The zero-order valence-electron chi connectivity index (χ0n) is 33.4. The minimum absolute atomic E-state index is 0.856. The van der Waals surface area contributed by atoms with Gasteiger partial charge in [-0.3, -0.25) is 0 Å². The van der Waals surface area contributed by atoms with Crippen molar-refractivity contribution in [2.24, 2.45) is 0 Å². The first kappa shape index (κ1) is 35.2. The van der Waals surface area contributed by atoms with Gasteiger partial charge in [-0.2, -0.15) is 0 Å². The predicted molar refractivity (Wildman–Crippen MR) is 274 cm³/mol. The van der Waals surface area contributed by atoms with Crippen LogP contribution in [0.1, 0.15) is 0 Å². The van der Waals surface area contributed by atoms with E-state index < -0.39 is 0 Å². The molecule has 62 heavy (non-hydrogen) atoms. The van der Waals surface area contributed by atoms with Gasteiger partial charge in [0.2, 0.25) is 0 Å². The van der Waals surface area contributed by atoms with Crippen LogP contribution in [-0.4, -0.2) is 26.2 Å². The average molecular weight is 869 g/mol. The quantitative estimate of drug-likeness (QED) is 0.175. The van der Waals surface area contributed by atoms with Crippen LogP contribution < -0.4 is 19.6 Å². The molecule has 0 spiro atoms. The number of hydrogen-bond acceptors (Lipinski definition) is 8. The molecule has 0 aliphatic carbocycles. The van der Waals surface area contributed by atoms with Gasteiger partial charge in [0, 0.05) is 88.1 Å². The van der Waals surface area contributed by atoms with Gasteiger partial charge < -0.3 is 19.6 Å². The SMILES string of the molecule is c1ccc2c(c1)sc1c(N3CCN(c4cccc5c4sc4ccccc45)C3=C3N(c4cccc5c4sc4ccccc45)CCN3c3cccc4c3sc3ccccc34)cccc12. The zero-order valence-corrected chi connectivity index (χ0v) is 36.7. The summed E-state index contributed by atoms with van der Waals surface area (Å²) in [5.41, 5.74) is 5.07. The molecule has 2 aliphatic heterocycles. The molecule has 4 aromatic heterocycles. The minimum Gasteiger partial charge on any atom is -0.322 e. The van der Waals surface area contributed by atoms with Gasteiger partial charge in [-0.15, -0.1) is 45.3 Å².